The zero-order chi connectivity index (χ0) is 17.2. The lowest BCUT2D eigenvalue weighted by Gasteiger charge is -2.24. The van der Waals surface area contributed by atoms with E-state index in [2.05, 4.69) is 70.1 Å². The van der Waals surface area contributed by atoms with Gasteiger partial charge in [-0.05, 0) is 17.2 Å². The fourth-order valence-electron chi connectivity index (χ4n) is 2.42. The second-order valence-corrected chi connectivity index (χ2v) is 7.66. The summed E-state index contributed by atoms with van der Waals surface area (Å²) < 4.78 is 0.694. The number of aromatic nitrogens is 2. The quantitative estimate of drug-likeness (QED) is 0.513. The van der Waals surface area contributed by atoms with Crippen LogP contribution in [-0.4, -0.2) is 45.2 Å². The van der Waals surface area contributed by atoms with Gasteiger partial charge in [0.05, 0.1) is 21.1 Å². The molecule has 124 valence electrons. The van der Waals surface area contributed by atoms with Crippen molar-refractivity contribution < 1.29 is 0 Å². The van der Waals surface area contributed by atoms with E-state index in [1.54, 1.807) is 0 Å². The van der Waals surface area contributed by atoms with Crippen LogP contribution in [0.2, 0.25) is 0 Å². The molecule has 0 aliphatic rings. The fourth-order valence-corrected chi connectivity index (χ4v) is 3.35. The molecule has 0 aromatic carbocycles. The van der Waals surface area contributed by atoms with Crippen LogP contribution in [0.25, 0.3) is 11.1 Å². The molecule has 0 spiro atoms. The van der Waals surface area contributed by atoms with Crippen molar-refractivity contribution in [3.05, 3.63) is 35.7 Å². The first-order valence-corrected chi connectivity index (χ1v) is 9.62. The molecular formula is C17H23Br2N4+. The Kier molecular flexibility index (Phi) is 5.81. The Morgan fingerprint density at radius 3 is 2.22 bits per heavy atom. The number of hydrogen-bond donors (Lipinski definition) is 0. The topological polar surface area (TPSA) is 29.0 Å². The van der Waals surface area contributed by atoms with Crippen LogP contribution in [0.4, 0.5) is 11.6 Å². The van der Waals surface area contributed by atoms with E-state index < -0.39 is 0 Å². The molecule has 2 aromatic rings. The first kappa shape index (κ1) is 18.4. The summed E-state index contributed by atoms with van der Waals surface area (Å²) in [4.78, 5) is 11.3. The van der Waals surface area contributed by atoms with Crippen LogP contribution in [0.3, 0.4) is 0 Å². The SMILES string of the molecule is CN(C)c1nccc(CBr)c1-c1cnc([N+](C)(C)C)cc1CBr. The van der Waals surface area contributed by atoms with Crippen LogP contribution < -0.4 is 9.38 Å². The molecule has 0 fully saturated rings. The molecule has 2 rings (SSSR count). The minimum Gasteiger partial charge on any atom is -0.362 e. The van der Waals surface area contributed by atoms with Gasteiger partial charge in [0.15, 0.2) is 0 Å². The predicted molar refractivity (Wildman–Crippen MR) is 107 cm³/mol. The van der Waals surface area contributed by atoms with Crippen LogP contribution >= 0.6 is 31.9 Å². The third-order valence-corrected chi connectivity index (χ3v) is 4.87. The van der Waals surface area contributed by atoms with Gasteiger partial charge in [0.1, 0.15) is 5.82 Å². The molecule has 2 heterocycles. The minimum absolute atomic E-state index is 0.694. The maximum atomic E-state index is 4.70. The third kappa shape index (κ3) is 3.92. The summed E-state index contributed by atoms with van der Waals surface area (Å²) in [5, 5.41) is 1.56. The van der Waals surface area contributed by atoms with Gasteiger partial charge in [0.25, 0.3) is 0 Å². The summed E-state index contributed by atoms with van der Waals surface area (Å²) in [7, 11) is 10.4. The molecule has 4 nitrogen and oxygen atoms in total. The molecule has 0 N–H and O–H groups in total. The maximum Gasteiger partial charge on any atom is 0.227 e. The second kappa shape index (κ2) is 7.28. The number of nitrogens with zero attached hydrogens (tertiary/aromatic N) is 4. The van der Waals surface area contributed by atoms with Gasteiger partial charge in [-0.3, -0.25) is 4.48 Å². The average Bonchev–Trinajstić information content (AvgIpc) is 2.52. The zero-order valence-corrected chi connectivity index (χ0v) is 17.4. The molecule has 0 aliphatic carbocycles. The summed E-state index contributed by atoms with van der Waals surface area (Å²) in [6.07, 6.45) is 3.84. The van der Waals surface area contributed by atoms with Crippen molar-refractivity contribution in [1.82, 2.24) is 14.5 Å². The summed E-state index contributed by atoms with van der Waals surface area (Å²) in [5.41, 5.74) is 4.71. The standard InChI is InChI=1S/C17H23Br2N4/c1-22(2)17-16(12(9-18)6-7-20-17)14-11-21-15(23(3,4)5)8-13(14)10-19/h6-8,11H,9-10H2,1-5H3/q+1. The van der Waals surface area contributed by atoms with Crippen LogP contribution in [-0.2, 0) is 10.7 Å². The fraction of sp³-hybridized carbons (Fsp3) is 0.412. The highest BCUT2D eigenvalue weighted by Gasteiger charge is 2.20. The molecule has 0 amide bonds. The first-order chi connectivity index (χ1) is 10.8. The Hall–Kier alpha value is -0.980. The lowest BCUT2D eigenvalue weighted by molar-refractivity contribution is 0.473. The van der Waals surface area contributed by atoms with Crippen LogP contribution in [0.5, 0.6) is 0 Å². The average molecular weight is 443 g/mol. The Labute approximate surface area is 155 Å². The number of rotatable bonds is 5. The molecule has 0 atom stereocenters. The van der Waals surface area contributed by atoms with Crippen molar-refractivity contribution in [2.24, 2.45) is 0 Å². The van der Waals surface area contributed by atoms with E-state index in [1.165, 1.54) is 11.1 Å². The van der Waals surface area contributed by atoms with E-state index in [0.29, 0.717) is 4.48 Å². The van der Waals surface area contributed by atoms with Crippen molar-refractivity contribution in [2.75, 3.05) is 40.1 Å². The van der Waals surface area contributed by atoms with Gasteiger partial charge in [-0.15, -0.1) is 0 Å². The largest absolute Gasteiger partial charge is 0.362 e. The Morgan fingerprint density at radius 2 is 1.70 bits per heavy atom. The predicted octanol–water partition coefficient (Wildman–Crippen LogP) is 4.20. The van der Waals surface area contributed by atoms with Crippen molar-refractivity contribution in [3.8, 4) is 11.1 Å². The Balaban J connectivity index is 2.72. The van der Waals surface area contributed by atoms with Crippen LogP contribution in [0.1, 0.15) is 11.1 Å². The lowest BCUT2D eigenvalue weighted by atomic mass is 9.98. The van der Waals surface area contributed by atoms with E-state index in [9.17, 15) is 0 Å². The summed E-state index contributed by atoms with van der Waals surface area (Å²) in [6, 6.07) is 4.23. The van der Waals surface area contributed by atoms with Gasteiger partial charge in [0, 0.05) is 54.3 Å². The molecule has 23 heavy (non-hydrogen) atoms. The zero-order valence-electron chi connectivity index (χ0n) is 14.3. The number of alkyl halides is 2. The van der Waals surface area contributed by atoms with Crippen molar-refractivity contribution >= 4 is 43.5 Å². The molecule has 0 radical (unpaired) electrons. The molecule has 0 unspecified atom stereocenters. The van der Waals surface area contributed by atoms with Crippen molar-refractivity contribution in [2.45, 2.75) is 10.7 Å². The van der Waals surface area contributed by atoms with E-state index >= 15 is 0 Å². The smallest absolute Gasteiger partial charge is 0.227 e. The summed E-state index contributed by atoms with van der Waals surface area (Å²) in [5.74, 6) is 2.00. The Morgan fingerprint density at radius 1 is 1.04 bits per heavy atom. The van der Waals surface area contributed by atoms with E-state index in [-0.39, 0.29) is 0 Å². The second-order valence-electron chi connectivity index (χ2n) is 6.54. The van der Waals surface area contributed by atoms with E-state index in [4.69, 9.17) is 4.98 Å². The third-order valence-electron chi connectivity index (χ3n) is 3.66. The van der Waals surface area contributed by atoms with Gasteiger partial charge in [-0.25, -0.2) is 9.97 Å². The molecular weight excluding hydrogens is 420 g/mol. The highest BCUT2D eigenvalue weighted by molar-refractivity contribution is 9.08. The monoisotopic (exact) mass is 441 g/mol. The van der Waals surface area contributed by atoms with Crippen LogP contribution in [0, 0.1) is 0 Å². The number of hydrogen-bond acceptors (Lipinski definition) is 3. The van der Waals surface area contributed by atoms with Gasteiger partial charge in [-0.1, -0.05) is 31.9 Å². The normalized spacial score (nSPS) is 11.6. The molecule has 0 aliphatic heterocycles. The van der Waals surface area contributed by atoms with Crippen LogP contribution in [0.15, 0.2) is 24.5 Å². The van der Waals surface area contributed by atoms with Gasteiger partial charge in [0.2, 0.25) is 5.82 Å². The van der Waals surface area contributed by atoms with Crippen molar-refractivity contribution in [1.29, 1.82) is 0 Å². The highest BCUT2D eigenvalue weighted by atomic mass is 79.9. The van der Waals surface area contributed by atoms with E-state index in [0.717, 1.165) is 33.4 Å². The molecule has 6 heteroatoms. The molecule has 2 aromatic heterocycles. The van der Waals surface area contributed by atoms with Gasteiger partial charge >= 0.3 is 0 Å². The number of pyridine rings is 2. The number of quaternary nitrogens is 1. The number of halogens is 2. The molecule has 0 saturated carbocycles. The molecule has 0 saturated heterocycles. The van der Waals surface area contributed by atoms with Gasteiger partial charge in [-0.2, -0.15) is 0 Å². The van der Waals surface area contributed by atoms with Gasteiger partial charge < -0.3 is 4.90 Å². The highest BCUT2D eigenvalue weighted by Crippen LogP contribution is 2.36. The minimum atomic E-state index is 0.694. The first-order valence-electron chi connectivity index (χ1n) is 7.38. The Bertz CT molecular complexity index is 693. The maximum absolute atomic E-state index is 4.70. The number of anilines is 1. The van der Waals surface area contributed by atoms with E-state index in [1.807, 2.05) is 31.4 Å². The summed E-state index contributed by atoms with van der Waals surface area (Å²) in [6.45, 7) is 0. The lowest BCUT2D eigenvalue weighted by Crippen LogP contribution is -2.35. The molecule has 0 bridgehead atoms. The summed E-state index contributed by atoms with van der Waals surface area (Å²) >= 11 is 7.23. The van der Waals surface area contributed by atoms with Crippen molar-refractivity contribution in [3.63, 3.8) is 0 Å².